The van der Waals surface area contributed by atoms with E-state index in [2.05, 4.69) is 28.8 Å². The molecule has 20 heavy (non-hydrogen) atoms. The summed E-state index contributed by atoms with van der Waals surface area (Å²) in [6.07, 6.45) is 4.90. The van der Waals surface area contributed by atoms with Crippen molar-refractivity contribution in [3.05, 3.63) is 35.4 Å². The van der Waals surface area contributed by atoms with Crippen molar-refractivity contribution in [3.63, 3.8) is 0 Å². The lowest BCUT2D eigenvalue weighted by Gasteiger charge is -2.38. The van der Waals surface area contributed by atoms with E-state index in [1.165, 1.54) is 24.8 Å². The molecule has 2 fully saturated rings. The molecule has 2 aliphatic heterocycles. The van der Waals surface area contributed by atoms with Gasteiger partial charge in [0.2, 0.25) is 0 Å². The number of rotatable bonds is 2. The van der Waals surface area contributed by atoms with E-state index in [9.17, 15) is 5.26 Å². The Morgan fingerprint density at radius 1 is 1.05 bits per heavy atom. The lowest BCUT2D eigenvalue weighted by atomic mass is 9.78. The minimum absolute atomic E-state index is 0.548. The van der Waals surface area contributed by atoms with Gasteiger partial charge < -0.3 is 10.6 Å². The average molecular weight is 269 g/mol. The Kier molecular flexibility index (Phi) is 4.34. The number of piperidine rings is 2. The van der Waals surface area contributed by atoms with Crippen LogP contribution in [0.4, 0.5) is 0 Å². The first-order chi connectivity index (χ1) is 9.88. The van der Waals surface area contributed by atoms with Gasteiger partial charge in [0, 0.05) is 6.04 Å². The molecule has 1 aromatic rings. The van der Waals surface area contributed by atoms with E-state index < -0.39 is 0 Å². The van der Waals surface area contributed by atoms with Crippen LogP contribution in [0.1, 0.15) is 42.7 Å². The van der Waals surface area contributed by atoms with Gasteiger partial charge in [0.25, 0.3) is 0 Å². The summed E-state index contributed by atoms with van der Waals surface area (Å²) in [6.45, 7) is 3.39. The van der Waals surface area contributed by atoms with E-state index in [1.807, 2.05) is 12.1 Å². The Hall–Kier alpha value is -1.37. The van der Waals surface area contributed by atoms with Gasteiger partial charge >= 0.3 is 0 Å². The third-order valence-corrected chi connectivity index (χ3v) is 4.91. The summed E-state index contributed by atoms with van der Waals surface area (Å²) in [7, 11) is 0. The van der Waals surface area contributed by atoms with Crippen molar-refractivity contribution in [1.29, 1.82) is 5.26 Å². The van der Waals surface area contributed by atoms with Crippen molar-refractivity contribution in [2.75, 3.05) is 19.6 Å². The number of nitrogens with one attached hydrogen (secondary N) is 2. The van der Waals surface area contributed by atoms with Gasteiger partial charge in [-0.3, -0.25) is 0 Å². The van der Waals surface area contributed by atoms with Crippen molar-refractivity contribution >= 4 is 0 Å². The minimum atomic E-state index is 0.548. The molecule has 0 radical (unpaired) electrons. The Balaban J connectivity index is 1.73. The van der Waals surface area contributed by atoms with Crippen LogP contribution in [0.15, 0.2) is 24.3 Å². The van der Waals surface area contributed by atoms with Gasteiger partial charge in [0.05, 0.1) is 11.6 Å². The largest absolute Gasteiger partial charge is 0.317 e. The Labute approximate surface area is 121 Å². The highest BCUT2D eigenvalue weighted by Crippen LogP contribution is 2.33. The molecule has 0 saturated carbocycles. The van der Waals surface area contributed by atoms with Crippen LogP contribution in [0.2, 0.25) is 0 Å². The maximum Gasteiger partial charge on any atom is 0.0994 e. The van der Waals surface area contributed by atoms with Crippen LogP contribution < -0.4 is 10.6 Å². The molecule has 106 valence electrons. The molecule has 2 heterocycles. The van der Waals surface area contributed by atoms with Gasteiger partial charge in [0.15, 0.2) is 0 Å². The molecule has 2 atom stereocenters. The summed E-state index contributed by atoms with van der Waals surface area (Å²) in [5.74, 6) is 1.35. The fourth-order valence-electron chi connectivity index (χ4n) is 3.79. The van der Waals surface area contributed by atoms with E-state index in [0.29, 0.717) is 12.0 Å². The molecule has 2 unspecified atom stereocenters. The number of nitriles is 1. The van der Waals surface area contributed by atoms with Crippen molar-refractivity contribution in [3.8, 4) is 6.07 Å². The second kappa shape index (κ2) is 6.39. The molecule has 0 aromatic heterocycles. The van der Waals surface area contributed by atoms with Gasteiger partial charge in [-0.2, -0.15) is 5.26 Å². The molecule has 0 spiro atoms. The van der Waals surface area contributed by atoms with Gasteiger partial charge in [-0.05, 0) is 68.8 Å². The maximum atomic E-state index is 9.29. The van der Waals surface area contributed by atoms with Gasteiger partial charge in [-0.25, -0.2) is 0 Å². The molecule has 0 amide bonds. The number of hydrogen-bond donors (Lipinski definition) is 2. The zero-order valence-corrected chi connectivity index (χ0v) is 11.9. The van der Waals surface area contributed by atoms with Crippen LogP contribution in [0, 0.1) is 17.2 Å². The normalized spacial score (nSPS) is 27.9. The van der Waals surface area contributed by atoms with Crippen LogP contribution in [0.3, 0.4) is 0 Å². The summed E-state index contributed by atoms with van der Waals surface area (Å²) in [5.41, 5.74) is 2.12. The molecule has 2 N–H and O–H groups in total. The van der Waals surface area contributed by atoms with Gasteiger partial charge in [0.1, 0.15) is 0 Å². The first-order valence-corrected chi connectivity index (χ1v) is 7.81. The SMILES string of the molecule is N#Cc1ccccc1C1CCNC(C2CCNCC2)C1. The quantitative estimate of drug-likeness (QED) is 0.866. The van der Waals surface area contributed by atoms with E-state index >= 15 is 0 Å². The highest BCUT2D eigenvalue weighted by Gasteiger charge is 2.30. The third kappa shape index (κ3) is 2.87. The highest BCUT2D eigenvalue weighted by atomic mass is 14.9. The third-order valence-electron chi connectivity index (χ3n) is 4.91. The standard InChI is InChI=1S/C17H23N3/c18-12-15-3-1-2-4-16(15)14-7-10-20-17(11-14)13-5-8-19-9-6-13/h1-4,13-14,17,19-20H,5-11H2. The summed E-state index contributed by atoms with van der Waals surface area (Å²) in [6, 6.07) is 11.1. The second-order valence-corrected chi connectivity index (χ2v) is 6.07. The van der Waals surface area contributed by atoms with Crippen molar-refractivity contribution < 1.29 is 0 Å². The summed E-state index contributed by atoms with van der Waals surface area (Å²) >= 11 is 0. The van der Waals surface area contributed by atoms with Crippen molar-refractivity contribution in [1.82, 2.24) is 10.6 Å². The van der Waals surface area contributed by atoms with Crippen LogP contribution in [0.5, 0.6) is 0 Å². The summed E-state index contributed by atoms with van der Waals surface area (Å²) in [4.78, 5) is 0. The molecule has 3 nitrogen and oxygen atoms in total. The predicted molar refractivity (Wildman–Crippen MR) is 80.5 cm³/mol. The number of nitrogens with zero attached hydrogens (tertiary/aromatic N) is 1. The average Bonchev–Trinajstić information content (AvgIpc) is 2.56. The maximum absolute atomic E-state index is 9.29. The zero-order valence-electron chi connectivity index (χ0n) is 11.9. The first kappa shape index (κ1) is 13.6. The summed E-state index contributed by atoms with van der Waals surface area (Å²) in [5, 5.41) is 16.4. The smallest absolute Gasteiger partial charge is 0.0994 e. The molecule has 2 aliphatic rings. The Bertz CT molecular complexity index is 485. The molecule has 0 aliphatic carbocycles. The lowest BCUT2D eigenvalue weighted by Crippen LogP contribution is -2.46. The molecule has 1 aromatic carbocycles. The Morgan fingerprint density at radius 3 is 2.65 bits per heavy atom. The summed E-state index contributed by atoms with van der Waals surface area (Å²) < 4.78 is 0. The van der Waals surface area contributed by atoms with Crippen LogP contribution in [0.25, 0.3) is 0 Å². The van der Waals surface area contributed by atoms with Crippen LogP contribution >= 0.6 is 0 Å². The number of benzene rings is 1. The molecular formula is C17H23N3. The van der Waals surface area contributed by atoms with E-state index in [1.54, 1.807) is 0 Å². The fraction of sp³-hybridized carbons (Fsp3) is 0.588. The van der Waals surface area contributed by atoms with Gasteiger partial charge in [-0.1, -0.05) is 18.2 Å². The Morgan fingerprint density at radius 2 is 1.85 bits per heavy atom. The van der Waals surface area contributed by atoms with Crippen molar-refractivity contribution in [2.24, 2.45) is 5.92 Å². The minimum Gasteiger partial charge on any atom is -0.317 e. The fourth-order valence-corrected chi connectivity index (χ4v) is 3.79. The zero-order chi connectivity index (χ0) is 13.8. The monoisotopic (exact) mass is 269 g/mol. The van der Waals surface area contributed by atoms with Gasteiger partial charge in [-0.15, -0.1) is 0 Å². The second-order valence-electron chi connectivity index (χ2n) is 6.07. The van der Waals surface area contributed by atoms with Crippen LogP contribution in [-0.4, -0.2) is 25.7 Å². The van der Waals surface area contributed by atoms with E-state index in [0.717, 1.165) is 37.5 Å². The van der Waals surface area contributed by atoms with Crippen LogP contribution in [-0.2, 0) is 0 Å². The molecular weight excluding hydrogens is 246 g/mol. The first-order valence-electron chi connectivity index (χ1n) is 7.81. The lowest BCUT2D eigenvalue weighted by molar-refractivity contribution is 0.229. The van der Waals surface area contributed by atoms with E-state index in [-0.39, 0.29) is 0 Å². The molecule has 0 bridgehead atoms. The topological polar surface area (TPSA) is 47.9 Å². The molecule has 3 heteroatoms. The number of hydrogen-bond acceptors (Lipinski definition) is 3. The molecule has 3 rings (SSSR count). The highest BCUT2D eigenvalue weighted by molar-refractivity contribution is 5.40. The predicted octanol–water partition coefficient (Wildman–Crippen LogP) is 2.39. The molecule has 2 saturated heterocycles. The van der Waals surface area contributed by atoms with Crippen molar-refractivity contribution in [2.45, 2.75) is 37.6 Å². The van der Waals surface area contributed by atoms with E-state index in [4.69, 9.17) is 0 Å².